The third-order valence-electron chi connectivity index (χ3n) is 3.20. The van der Waals surface area contributed by atoms with Gasteiger partial charge in [0, 0.05) is 23.2 Å². The Morgan fingerprint density at radius 2 is 1.87 bits per heavy atom. The number of fused-ring (bicyclic) bond motifs is 1. The highest BCUT2D eigenvalue weighted by molar-refractivity contribution is 7.99. The van der Waals surface area contributed by atoms with Crippen LogP contribution in [0.15, 0.2) is 40.3 Å². The Bertz CT molecular complexity index is 831. The first kappa shape index (κ1) is 15.2. The number of amides is 3. The van der Waals surface area contributed by atoms with Crippen molar-refractivity contribution in [1.82, 2.24) is 10.3 Å². The second-order valence-electron chi connectivity index (χ2n) is 5.08. The van der Waals surface area contributed by atoms with Crippen molar-refractivity contribution in [2.24, 2.45) is 0 Å². The molecule has 0 fully saturated rings. The number of carbonyl (C=O) groups excluding carboxylic acids is 3. The van der Waals surface area contributed by atoms with Gasteiger partial charge in [0.05, 0.1) is 11.1 Å². The first-order chi connectivity index (χ1) is 10.9. The molecule has 1 aromatic carbocycles. The van der Waals surface area contributed by atoms with Gasteiger partial charge in [0.25, 0.3) is 11.8 Å². The van der Waals surface area contributed by atoms with E-state index in [2.05, 4.69) is 15.6 Å². The molecule has 0 spiro atoms. The van der Waals surface area contributed by atoms with Crippen LogP contribution in [0.1, 0.15) is 33.3 Å². The van der Waals surface area contributed by atoms with E-state index in [1.54, 1.807) is 25.1 Å². The number of hydrogen-bond acceptors (Lipinski definition) is 5. The monoisotopic (exact) mass is 327 g/mol. The number of imide groups is 1. The SMILES string of the molecule is CC(=O)Nc1ccc(Sc2nc(C)cc3c2C(=O)NC3=O)cc1. The third kappa shape index (κ3) is 3.09. The molecule has 2 N–H and O–H groups in total. The standard InChI is InChI=1S/C16H13N3O3S/c1-8-7-12-13(15(22)19-14(12)21)16(17-8)23-11-5-3-10(4-6-11)18-9(2)20/h3-7H,1-2H3,(H,18,20)(H,19,21,22). The van der Waals surface area contributed by atoms with Crippen molar-refractivity contribution in [2.45, 2.75) is 23.8 Å². The number of hydrogen-bond donors (Lipinski definition) is 2. The lowest BCUT2D eigenvalue weighted by Crippen LogP contribution is -2.20. The van der Waals surface area contributed by atoms with E-state index in [1.165, 1.54) is 18.7 Å². The number of pyridine rings is 1. The van der Waals surface area contributed by atoms with Crippen molar-refractivity contribution in [2.75, 3.05) is 5.32 Å². The van der Waals surface area contributed by atoms with Crippen LogP contribution in [0.25, 0.3) is 0 Å². The summed E-state index contributed by atoms with van der Waals surface area (Å²) in [7, 11) is 0. The number of rotatable bonds is 3. The molecule has 3 amide bonds. The van der Waals surface area contributed by atoms with E-state index in [0.29, 0.717) is 27.5 Å². The van der Waals surface area contributed by atoms with Gasteiger partial charge in [0.2, 0.25) is 5.91 Å². The largest absolute Gasteiger partial charge is 0.326 e. The van der Waals surface area contributed by atoms with Crippen LogP contribution >= 0.6 is 11.8 Å². The first-order valence-electron chi connectivity index (χ1n) is 6.87. The summed E-state index contributed by atoms with van der Waals surface area (Å²) in [5, 5.41) is 5.47. The molecule has 1 aromatic heterocycles. The molecule has 0 atom stereocenters. The van der Waals surface area contributed by atoms with Gasteiger partial charge < -0.3 is 5.32 Å². The van der Waals surface area contributed by atoms with Gasteiger partial charge in [-0.2, -0.15) is 0 Å². The normalized spacial score (nSPS) is 12.8. The fourth-order valence-corrected chi connectivity index (χ4v) is 3.26. The summed E-state index contributed by atoms with van der Waals surface area (Å²) in [6.07, 6.45) is 0. The van der Waals surface area contributed by atoms with Crippen molar-refractivity contribution >= 4 is 35.2 Å². The first-order valence-corrected chi connectivity index (χ1v) is 7.68. The van der Waals surface area contributed by atoms with Gasteiger partial charge in [0.1, 0.15) is 5.03 Å². The van der Waals surface area contributed by atoms with Gasteiger partial charge in [-0.15, -0.1) is 0 Å². The van der Waals surface area contributed by atoms with Crippen molar-refractivity contribution < 1.29 is 14.4 Å². The van der Waals surface area contributed by atoms with Gasteiger partial charge >= 0.3 is 0 Å². The Labute approximate surface area is 136 Å². The van der Waals surface area contributed by atoms with Crippen LogP contribution < -0.4 is 10.6 Å². The molecule has 0 saturated heterocycles. The fraction of sp³-hybridized carbons (Fsp3) is 0.125. The Hall–Kier alpha value is -2.67. The zero-order valence-electron chi connectivity index (χ0n) is 12.5. The summed E-state index contributed by atoms with van der Waals surface area (Å²) >= 11 is 1.30. The average Bonchev–Trinajstić information content (AvgIpc) is 2.75. The van der Waals surface area contributed by atoms with Crippen LogP contribution in [0.5, 0.6) is 0 Å². The molecule has 3 rings (SSSR count). The zero-order valence-corrected chi connectivity index (χ0v) is 13.3. The zero-order chi connectivity index (χ0) is 16.6. The summed E-state index contributed by atoms with van der Waals surface area (Å²) in [5.74, 6) is -0.952. The van der Waals surface area contributed by atoms with Gasteiger partial charge in [-0.25, -0.2) is 4.98 Å². The molecule has 0 radical (unpaired) electrons. The Balaban J connectivity index is 1.92. The second kappa shape index (κ2) is 5.85. The van der Waals surface area contributed by atoms with Crippen molar-refractivity contribution in [3.05, 3.63) is 47.2 Å². The van der Waals surface area contributed by atoms with Gasteiger partial charge in [-0.1, -0.05) is 11.8 Å². The number of nitrogens with one attached hydrogen (secondary N) is 2. The molecule has 1 aliphatic heterocycles. The Morgan fingerprint density at radius 1 is 1.17 bits per heavy atom. The molecule has 0 bridgehead atoms. The molecule has 0 saturated carbocycles. The number of benzene rings is 1. The molecule has 2 heterocycles. The second-order valence-corrected chi connectivity index (χ2v) is 6.14. The minimum atomic E-state index is -0.421. The number of aromatic nitrogens is 1. The van der Waals surface area contributed by atoms with Crippen LogP contribution in [0.4, 0.5) is 5.69 Å². The topological polar surface area (TPSA) is 88.2 Å². The summed E-state index contributed by atoms with van der Waals surface area (Å²) in [5.41, 5.74) is 2.04. The van der Waals surface area contributed by atoms with E-state index in [1.807, 2.05) is 12.1 Å². The Kier molecular flexibility index (Phi) is 3.87. The van der Waals surface area contributed by atoms with Crippen molar-refractivity contribution in [1.29, 1.82) is 0 Å². The summed E-state index contributed by atoms with van der Waals surface area (Å²) < 4.78 is 0. The average molecular weight is 327 g/mol. The summed E-state index contributed by atoms with van der Waals surface area (Å²) in [6, 6.07) is 8.79. The van der Waals surface area contributed by atoms with E-state index in [4.69, 9.17) is 0 Å². The predicted octanol–water partition coefficient (Wildman–Crippen LogP) is 2.38. The van der Waals surface area contributed by atoms with E-state index in [-0.39, 0.29) is 5.91 Å². The molecule has 0 unspecified atom stereocenters. The molecule has 2 aromatic rings. The maximum Gasteiger partial charge on any atom is 0.261 e. The lowest BCUT2D eigenvalue weighted by Gasteiger charge is -2.07. The molecular formula is C16H13N3O3S. The van der Waals surface area contributed by atoms with Crippen molar-refractivity contribution in [3.63, 3.8) is 0 Å². The highest BCUT2D eigenvalue weighted by Crippen LogP contribution is 2.33. The number of anilines is 1. The summed E-state index contributed by atoms with van der Waals surface area (Å²) in [4.78, 5) is 40.0. The van der Waals surface area contributed by atoms with Gasteiger partial charge in [-0.05, 0) is 37.3 Å². The molecule has 116 valence electrons. The van der Waals surface area contributed by atoms with E-state index < -0.39 is 11.8 Å². The fourth-order valence-electron chi connectivity index (χ4n) is 2.27. The number of carbonyl (C=O) groups is 3. The van der Waals surface area contributed by atoms with Crippen LogP contribution in [0, 0.1) is 6.92 Å². The van der Waals surface area contributed by atoms with E-state index in [9.17, 15) is 14.4 Å². The van der Waals surface area contributed by atoms with Gasteiger partial charge in [-0.3, -0.25) is 19.7 Å². The van der Waals surface area contributed by atoms with Gasteiger partial charge in [0.15, 0.2) is 0 Å². The van der Waals surface area contributed by atoms with Crippen molar-refractivity contribution in [3.8, 4) is 0 Å². The smallest absolute Gasteiger partial charge is 0.261 e. The number of aryl methyl sites for hydroxylation is 1. The highest BCUT2D eigenvalue weighted by Gasteiger charge is 2.31. The minimum absolute atomic E-state index is 0.140. The minimum Gasteiger partial charge on any atom is -0.326 e. The maximum absolute atomic E-state index is 11.9. The Morgan fingerprint density at radius 3 is 2.52 bits per heavy atom. The molecule has 23 heavy (non-hydrogen) atoms. The highest BCUT2D eigenvalue weighted by atomic mass is 32.2. The molecule has 0 aliphatic carbocycles. The van der Waals surface area contributed by atoms with E-state index in [0.717, 1.165) is 4.90 Å². The van der Waals surface area contributed by atoms with Crippen LogP contribution in [0.2, 0.25) is 0 Å². The van der Waals surface area contributed by atoms with E-state index >= 15 is 0 Å². The van der Waals surface area contributed by atoms with Crippen LogP contribution in [-0.4, -0.2) is 22.7 Å². The quantitative estimate of drug-likeness (QED) is 0.845. The lowest BCUT2D eigenvalue weighted by atomic mass is 10.1. The number of nitrogens with zero attached hydrogens (tertiary/aromatic N) is 1. The molecular weight excluding hydrogens is 314 g/mol. The summed E-state index contributed by atoms with van der Waals surface area (Å²) in [6.45, 7) is 3.22. The molecule has 6 nitrogen and oxygen atoms in total. The van der Waals surface area contributed by atoms with Crippen LogP contribution in [0.3, 0.4) is 0 Å². The third-order valence-corrected chi connectivity index (χ3v) is 4.20. The molecule has 7 heteroatoms. The van der Waals surface area contributed by atoms with Crippen LogP contribution in [-0.2, 0) is 4.79 Å². The lowest BCUT2D eigenvalue weighted by molar-refractivity contribution is -0.114. The maximum atomic E-state index is 11.9. The predicted molar refractivity (Wildman–Crippen MR) is 85.6 cm³/mol. The molecule has 1 aliphatic rings.